The Morgan fingerprint density at radius 2 is 1.61 bits per heavy atom. The van der Waals surface area contributed by atoms with Gasteiger partial charge in [-0.1, -0.05) is 32.1 Å². The molecule has 0 N–H and O–H groups in total. The predicted molar refractivity (Wildman–Crippen MR) is 82.6 cm³/mol. The van der Waals surface area contributed by atoms with Crippen molar-refractivity contribution < 1.29 is 4.74 Å². The topological polar surface area (TPSA) is 12.5 Å². The summed E-state index contributed by atoms with van der Waals surface area (Å²) in [6, 6.07) is 0.608. The van der Waals surface area contributed by atoms with E-state index < -0.39 is 0 Å². The Labute approximate surface area is 119 Å². The average molecular weight is 273 g/mol. The van der Waals surface area contributed by atoms with Gasteiger partial charge in [-0.15, -0.1) is 0 Å². The first-order valence-corrected chi connectivity index (χ1v) is 8.33. The molecule has 1 saturated heterocycles. The lowest BCUT2D eigenvalue weighted by Crippen LogP contribution is -2.47. The van der Waals surface area contributed by atoms with Gasteiger partial charge in [-0.3, -0.25) is 4.90 Å². The summed E-state index contributed by atoms with van der Waals surface area (Å²) >= 11 is 4.24. The Morgan fingerprint density at radius 3 is 2.28 bits per heavy atom. The van der Waals surface area contributed by atoms with E-state index in [1.54, 1.807) is 0 Å². The Balaban J connectivity index is 1.93. The SMILES string of the molecule is CC1CN(CCCCCCCCCS)C(C)CO1. The second-order valence-corrected chi connectivity index (χ2v) is 6.13. The summed E-state index contributed by atoms with van der Waals surface area (Å²) in [6.45, 7) is 7.74. The number of morpholine rings is 1. The third kappa shape index (κ3) is 7.01. The minimum atomic E-state index is 0.419. The fraction of sp³-hybridized carbons (Fsp3) is 1.00. The van der Waals surface area contributed by atoms with Crippen molar-refractivity contribution in [1.29, 1.82) is 0 Å². The molecule has 0 bridgehead atoms. The monoisotopic (exact) mass is 273 g/mol. The Hall–Kier alpha value is 0.270. The molecular weight excluding hydrogens is 242 g/mol. The largest absolute Gasteiger partial charge is 0.376 e. The van der Waals surface area contributed by atoms with Crippen LogP contribution in [0.2, 0.25) is 0 Å². The molecule has 1 aliphatic heterocycles. The molecule has 0 saturated carbocycles. The van der Waals surface area contributed by atoms with E-state index in [0.717, 1.165) is 18.9 Å². The van der Waals surface area contributed by atoms with E-state index in [-0.39, 0.29) is 0 Å². The molecule has 2 atom stereocenters. The van der Waals surface area contributed by atoms with Gasteiger partial charge < -0.3 is 4.74 Å². The van der Waals surface area contributed by atoms with Crippen molar-refractivity contribution >= 4 is 12.6 Å². The number of nitrogens with zero attached hydrogens (tertiary/aromatic N) is 1. The second kappa shape index (κ2) is 10.1. The standard InChI is InChI=1S/C15H31NOS/c1-14-13-17-15(2)12-16(14)10-8-6-4-3-5-7-9-11-18/h14-15,18H,3-13H2,1-2H3. The van der Waals surface area contributed by atoms with Gasteiger partial charge in [0.05, 0.1) is 12.7 Å². The fourth-order valence-electron chi connectivity index (χ4n) is 2.59. The molecule has 0 aromatic heterocycles. The smallest absolute Gasteiger partial charge is 0.0674 e. The Bertz CT molecular complexity index is 201. The molecule has 0 aromatic rings. The van der Waals surface area contributed by atoms with Crippen LogP contribution in [0.15, 0.2) is 0 Å². The summed E-state index contributed by atoms with van der Waals surface area (Å²) in [4.78, 5) is 2.59. The van der Waals surface area contributed by atoms with Gasteiger partial charge >= 0.3 is 0 Å². The van der Waals surface area contributed by atoms with Gasteiger partial charge in [0.1, 0.15) is 0 Å². The quantitative estimate of drug-likeness (QED) is 0.507. The normalized spacial score (nSPS) is 25.5. The van der Waals surface area contributed by atoms with E-state index >= 15 is 0 Å². The molecule has 1 heterocycles. The van der Waals surface area contributed by atoms with Crippen molar-refractivity contribution in [3.05, 3.63) is 0 Å². The lowest BCUT2D eigenvalue weighted by molar-refractivity contribution is -0.0496. The molecule has 0 spiro atoms. The second-order valence-electron chi connectivity index (χ2n) is 5.69. The first-order valence-electron chi connectivity index (χ1n) is 7.70. The molecule has 2 unspecified atom stereocenters. The summed E-state index contributed by atoms with van der Waals surface area (Å²) in [7, 11) is 0. The number of rotatable bonds is 9. The van der Waals surface area contributed by atoms with Crippen molar-refractivity contribution in [3.8, 4) is 0 Å². The molecule has 1 fully saturated rings. The summed E-state index contributed by atoms with van der Waals surface area (Å²) in [5.41, 5.74) is 0. The molecule has 0 aliphatic carbocycles. The van der Waals surface area contributed by atoms with E-state index in [1.165, 1.54) is 51.5 Å². The number of thiol groups is 1. The molecule has 1 rings (SSSR count). The zero-order chi connectivity index (χ0) is 13.2. The molecule has 18 heavy (non-hydrogen) atoms. The van der Waals surface area contributed by atoms with Gasteiger partial charge in [0.15, 0.2) is 0 Å². The zero-order valence-corrected chi connectivity index (χ0v) is 13.1. The maximum atomic E-state index is 5.65. The van der Waals surface area contributed by atoms with Gasteiger partial charge in [0.25, 0.3) is 0 Å². The predicted octanol–water partition coefficient (Wildman–Crippen LogP) is 3.76. The highest BCUT2D eigenvalue weighted by atomic mass is 32.1. The van der Waals surface area contributed by atoms with Crippen LogP contribution in [-0.2, 0) is 4.74 Å². The van der Waals surface area contributed by atoms with Crippen molar-refractivity contribution in [2.24, 2.45) is 0 Å². The maximum Gasteiger partial charge on any atom is 0.0674 e. The third-order valence-electron chi connectivity index (χ3n) is 3.84. The van der Waals surface area contributed by atoms with Crippen molar-refractivity contribution in [2.75, 3.05) is 25.4 Å². The molecule has 2 nitrogen and oxygen atoms in total. The van der Waals surface area contributed by atoms with E-state index in [2.05, 4.69) is 31.4 Å². The minimum absolute atomic E-state index is 0.419. The average Bonchev–Trinajstić information content (AvgIpc) is 2.36. The van der Waals surface area contributed by atoms with E-state index in [1.807, 2.05) is 0 Å². The summed E-state index contributed by atoms with van der Waals surface area (Å²) in [6.07, 6.45) is 10.0. The maximum absolute atomic E-state index is 5.65. The van der Waals surface area contributed by atoms with Gasteiger partial charge in [-0.25, -0.2) is 0 Å². The molecular formula is C15H31NOS. The van der Waals surface area contributed by atoms with Gasteiger partial charge in [-0.2, -0.15) is 12.6 Å². The van der Waals surface area contributed by atoms with Crippen LogP contribution in [-0.4, -0.2) is 42.5 Å². The van der Waals surface area contributed by atoms with Crippen LogP contribution in [0.3, 0.4) is 0 Å². The van der Waals surface area contributed by atoms with Crippen LogP contribution in [0.4, 0.5) is 0 Å². The van der Waals surface area contributed by atoms with Crippen LogP contribution >= 0.6 is 12.6 Å². The van der Waals surface area contributed by atoms with Crippen LogP contribution in [0.5, 0.6) is 0 Å². The first kappa shape index (κ1) is 16.3. The van der Waals surface area contributed by atoms with Gasteiger partial charge in [0, 0.05) is 12.6 Å². The molecule has 0 aromatic carbocycles. The van der Waals surface area contributed by atoms with Crippen LogP contribution < -0.4 is 0 Å². The van der Waals surface area contributed by atoms with Gasteiger partial charge in [0.2, 0.25) is 0 Å². The Morgan fingerprint density at radius 1 is 1.00 bits per heavy atom. The molecule has 1 aliphatic rings. The van der Waals surface area contributed by atoms with Crippen molar-refractivity contribution in [1.82, 2.24) is 4.90 Å². The summed E-state index contributed by atoms with van der Waals surface area (Å²) in [5.74, 6) is 1.05. The first-order chi connectivity index (χ1) is 8.74. The highest BCUT2D eigenvalue weighted by Crippen LogP contribution is 2.13. The molecule has 108 valence electrons. The molecule has 3 heteroatoms. The van der Waals surface area contributed by atoms with Crippen LogP contribution in [0.25, 0.3) is 0 Å². The van der Waals surface area contributed by atoms with Crippen molar-refractivity contribution in [2.45, 2.75) is 70.9 Å². The van der Waals surface area contributed by atoms with Gasteiger partial charge in [-0.05, 0) is 39.0 Å². The van der Waals surface area contributed by atoms with Crippen LogP contribution in [0.1, 0.15) is 58.8 Å². The minimum Gasteiger partial charge on any atom is -0.376 e. The van der Waals surface area contributed by atoms with Crippen molar-refractivity contribution in [3.63, 3.8) is 0 Å². The Kier molecular flexibility index (Phi) is 9.16. The number of ether oxygens (including phenoxy) is 1. The molecule has 0 amide bonds. The number of unbranched alkanes of at least 4 members (excludes halogenated alkanes) is 6. The summed E-state index contributed by atoms with van der Waals surface area (Å²) in [5, 5.41) is 0. The molecule has 0 radical (unpaired) electrons. The highest BCUT2D eigenvalue weighted by molar-refractivity contribution is 7.80. The lowest BCUT2D eigenvalue weighted by Gasteiger charge is -2.36. The van der Waals surface area contributed by atoms with E-state index in [9.17, 15) is 0 Å². The number of hydrogen-bond acceptors (Lipinski definition) is 3. The van der Waals surface area contributed by atoms with Crippen LogP contribution in [0, 0.1) is 0 Å². The number of hydrogen-bond donors (Lipinski definition) is 1. The fourth-order valence-corrected chi connectivity index (χ4v) is 2.82. The third-order valence-corrected chi connectivity index (χ3v) is 4.16. The highest BCUT2D eigenvalue weighted by Gasteiger charge is 2.22. The zero-order valence-electron chi connectivity index (χ0n) is 12.2. The van der Waals surface area contributed by atoms with E-state index in [4.69, 9.17) is 4.74 Å². The lowest BCUT2D eigenvalue weighted by atomic mass is 10.1. The summed E-state index contributed by atoms with van der Waals surface area (Å²) < 4.78 is 5.65. The van der Waals surface area contributed by atoms with E-state index in [0.29, 0.717) is 12.1 Å².